The van der Waals surface area contributed by atoms with E-state index < -0.39 is 5.76 Å². The first-order valence-electron chi connectivity index (χ1n) is 6.39. The van der Waals surface area contributed by atoms with Crippen LogP contribution in [-0.2, 0) is 11.3 Å². The van der Waals surface area contributed by atoms with Gasteiger partial charge in [0.25, 0.3) is 0 Å². The summed E-state index contributed by atoms with van der Waals surface area (Å²) in [4.78, 5) is 23.4. The molecule has 2 aromatic rings. The van der Waals surface area contributed by atoms with Crippen LogP contribution in [0.3, 0.4) is 0 Å². The Bertz CT molecular complexity index is 739. The second-order valence-corrected chi connectivity index (χ2v) is 4.43. The quantitative estimate of drug-likeness (QED) is 0.821. The van der Waals surface area contributed by atoms with E-state index >= 15 is 0 Å². The zero-order valence-electron chi connectivity index (χ0n) is 11.5. The van der Waals surface area contributed by atoms with Gasteiger partial charge in [-0.25, -0.2) is 9.36 Å². The normalized spacial score (nSPS) is 10.1. The molecule has 0 aliphatic carbocycles. The van der Waals surface area contributed by atoms with Crippen molar-refractivity contribution in [3.05, 3.63) is 40.4 Å². The van der Waals surface area contributed by atoms with Gasteiger partial charge in [0.15, 0.2) is 5.82 Å². The third-order valence-electron chi connectivity index (χ3n) is 2.93. The first-order valence-corrected chi connectivity index (χ1v) is 6.39. The molecule has 1 heterocycles. The average Bonchev–Trinajstić information content (AvgIpc) is 2.81. The predicted molar refractivity (Wildman–Crippen MR) is 74.2 cm³/mol. The Kier molecular flexibility index (Phi) is 4.51. The molecular weight excluding hydrogens is 272 g/mol. The van der Waals surface area contributed by atoms with E-state index in [9.17, 15) is 9.59 Å². The lowest BCUT2D eigenvalue weighted by Gasteiger charge is -2.07. The number of carbonyl (C=O) groups is 1. The predicted octanol–water partition coefficient (Wildman–Crippen LogP) is 0.842. The Morgan fingerprint density at radius 3 is 2.95 bits per heavy atom. The number of amides is 1. The molecule has 1 N–H and O–H groups in total. The van der Waals surface area contributed by atoms with E-state index in [1.807, 2.05) is 31.2 Å². The Balaban J connectivity index is 2.24. The third kappa shape index (κ3) is 3.36. The molecule has 0 radical (unpaired) electrons. The molecular formula is C14H14N4O3. The van der Waals surface area contributed by atoms with Gasteiger partial charge in [-0.15, -0.1) is 0 Å². The maximum absolute atomic E-state index is 11.8. The Labute approximate surface area is 120 Å². The van der Waals surface area contributed by atoms with E-state index in [2.05, 4.69) is 15.0 Å². The van der Waals surface area contributed by atoms with Gasteiger partial charge >= 0.3 is 5.76 Å². The number of nitrogens with zero attached hydrogens (tertiary/aromatic N) is 3. The largest absolute Gasteiger partial charge is 0.442 e. The van der Waals surface area contributed by atoms with Crippen molar-refractivity contribution < 1.29 is 9.32 Å². The average molecular weight is 286 g/mol. The number of benzene rings is 1. The SMILES string of the molecule is Cc1ccccc1-c1noc(=O)n1CC(=O)NCCC#N. The van der Waals surface area contributed by atoms with Crippen LogP contribution in [0.5, 0.6) is 0 Å². The van der Waals surface area contributed by atoms with Gasteiger partial charge in [0.05, 0.1) is 12.5 Å². The fourth-order valence-electron chi connectivity index (χ4n) is 1.88. The van der Waals surface area contributed by atoms with Crippen LogP contribution < -0.4 is 11.1 Å². The first kappa shape index (κ1) is 14.5. The van der Waals surface area contributed by atoms with Crippen LogP contribution in [0.1, 0.15) is 12.0 Å². The Morgan fingerprint density at radius 2 is 2.24 bits per heavy atom. The Hall–Kier alpha value is -2.88. The van der Waals surface area contributed by atoms with Crippen molar-refractivity contribution in [3.63, 3.8) is 0 Å². The lowest BCUT2D eigenvalue weighted by atomic mass is 10.1. The number of rotatable bonds is 5. The number of hydrogen-bond acceptors (Lipinski definition) is 5. The minimum Gasteiger partial charge on any atom is -0.354 e. The van der Waals surface area contributed by atoms with Crippen LogP contribution in [0.15, 0.2) is 33.6 Å². The summed E-state index contributed by atoms with van der Waals surface area (Å²) in [6.07, 6.45) is 0.217. The molecule has 0 saturated carbocycles. The van der Waals surface area contributed by atoms with E-state index in [-0.39, 0.29) is 25.4 Å². The minimum absolute atomic E-state index is 0.197. The van der Waals surface area contributed by atoms with Gasteiger partial charge in [-0.3, -0.25) is 9.32 Å². The number of aromatic nitrogens is 2. The van der Waals surface area contributed by atoms with Crippen LogP contribution in [0.4, 0.5) is 0 Å². The Morgan fingerprint density at radius 1 is 1.48 bits per heavy atom. The van der Waals surface area contributed by atoms with Gasteiger partial charge < -0.3 is 5.32 Å². The van der Waals surface area contributed by atoms with E-state index in [1.54, 1.807) is 6.07 Å². The summed E-state index contributed by atoms with van der Waals surface area (Å²) in [5.41, 5.74) is 1.65. The summed E-state index contributed by atoms with van der Waals surface area (Å²) in [7, 11) is 0. The summed E-state index contributed by atoms with van der Waals surface area (Å²) in [5.74, 6) is -0.748. The van der Waals surface area contributed by atoms with Crippen LogP contribution in [0.25, 0.3) is 11.4 Å². The van der Waals surface area contributed by atoms with Crippen molar-refractivity contribution in [2.75, 3.05) is 6.54 Å². The molecule has 7 heteroatoms. The molecule has 108 valence electrons. The van der Waals surface area contributed by atoms with Gasteiger partial charge in [0.1, 0.15) is 6.54 Å². The lowest BCUT2D eigenvalue weighted by molar-refractivity contribution is -0.121. The van der Waals surface area contributed by atoms with Gasteiger partial charge in [-0.2, -0.15) is 5.26 Å². The summed E-state index contributed by atoms with van der Waals surface area (Å²) in [5, 5.41) is 14.7. The number of carbonyl (C=O) groups excluding carboxylic acids is 1. The second kappa shape index (κ2) is 6.52. The van der Waals surface area contributed by atoms with Crippen LogP contribution >= 0.6 is 0 Å². The fourth-order valence-corrected chi connectivity index (χ4v) is 1.88. The fraction of sp³-hybridized carbons (Fsp3) is 0.286. The molecule has 0 aliphatic heterocycles. The number of nitriles is 1. The highest BCUT2D eigenvalue weighted by Gasteiger charge is 2.16. The van der Waals surface area contributed by atoms with E-state index in [0.29, 0.717) is 5.82 Å². The zero-order chi connectivity index (χ0) is 15.2. The number of nitrogens with one attached hydrogen (secondary N) is 1. The molecule has 21 heavy (non-hydrogen) atoms. The highest BCUT2D eigenvalue weighted by Crippen LogP contribution is 2.19. The highest BCUT2D eigenvalue weighted by molar-refractivity contribution is 5.76. The topological polar surface area (TPSA) is 101 Å². The molecule has 1 aromatic carbocycles. The van der Waals surface area contributed by atoms with Crippen molar-refractivity contribution in [2.45, 2.75) is 19.9 Å². The van der Waals surface area contributed by atoms with E-state index in [1.165, 1.54) is 4.57 Å². The van der Waals surface area contributed by atoms with Gasteiger partial charge in [-0.05, 0) is 12.5 Å². The highest BCUT2D eigenvalue weighted by atomic mass is 16.5. The monoisotopic (exact) mass is 286 g/mol. The summed E-state index contributed by atoms with van der Waals surface area (Å²) >= 11 is 0. The van der Waals surface area contributed by atoms with Crippen molar-refractivity contribution in [2.24, 2.45) is 0 Å². The van der Waals surface area contributed by atoms with E-state index in [4.69, 9.17) is 5.26 Å². The van der Waals surface area contributed by atoms with Crippen molar-refractivity contribution in [3.8, 4) is 17.5 Å². The molecule has 0 saturated heterocycles. The van der Waals surface area contributed by atoms with Gasteiger partial charge in [-0.1, -0.05) is 29.4 Å². The van der Waals surface area contributed by atoms with Crippen LogP contribution in [-0.4, -0.2) is 22.2 Å². The van der Waals surface area contributed by atoms with Crippen molar-refractivity contribution in [1.29, 1.82) is 5.26 Å². The molecule has 0 fully saturated rings. The smallest absolute Gasteiger partial charge is 0.354 e. The van der Waals surface area contributed by atoms with Gasteiger partial charge in [0.2, 0.25) is 5.91 Å². The molecule has 0 spiro atoms. The van der Waals surface area contributed by atoms with Crippen molar-refractivity contribution in [1.82, 2.24) is 15.0 Å². The van der Waals surface area contributed by atoms with Crippen LogP contribution in [0.2, 0.25) is 0 Å². The minimum atomic E-state index is -0.691. The molecule has 1 amide bonds. The molecule has 0 bridgehead atoms. The molecule has 1 aromatic heterocycles. The third-order valence-corrected chi connectivity index (χ3v) is 2.93. The number of hydrogen-bond donors (Lipinski definition) is 1. The summed E-state index contributed by atoms with van der Waals surface area (Å²) < 4.78 is 5.83. The molecule has 0 atom stereocenters. The molecule has 0 aliphatic rings. The van der Waals surface area contributed by atoms with Gasteiger partial charge in [0, 0.05) is 12.1 Å². The first-order chi connectivity index (χ1) is 10.1. The standard InChI is InChI=1S/C14H14N4O3/c1-10-5-2-3-6-11(10)13-17-21-14(20)18(13)9-12(19)16-8-4-7-15/h2-3,5-6H,4,8-9H2,1H3,(H,16,19). The maximum atomic E-state index is 11.8. The zero-order valence-corrected chi connectivity index (χ0v) is 11.5. The molecule has 0 unspecified atom stereocenters. The molecule has 2 rings (SSSR count). The second-order valence-electron chi connectivity index (χ2n) is 4.43. The van der Waals surface area contributed by atoms with Crippen LogP contribution in [0, 0.1) is 18.3 Å². The maximum Gasteiger partial charge on any atom is 0.442 e. The van der Waals surface area contributed by atoms with E-state index in [0.717, 1.165) is 11.1 Å². The summed E-state index contributed by atoms with van der Waals surface area (Å²) in [6.45, 7) is 1.93. The lowest BCUT2D eigenvalue weighted by Crippen LogP contribution is -2.31. The summed E-state index contributed by atoms with van der Waals surface area (Å²) in [6, 6.07) is 9.30. The number of aryl methyl sites for hydroxylation is 1. The molecule has 7 nitrogen and oxygen atoms in total. The van der Waals surface area contributed by atoms with Crippen molar-refractivity contribution >= 4 is 5.91 Å².